The molecule has 15 heavy (non-hydrogen) atoms. The van der Waals surface area contributed by atoms with Crippen LogP contribution in [0.15, 0.2) is 23.2 Å². The fourth-order valence-electron chi connectivity index (χ4n) is 1.58. The second-order valence-corrected chi connectivity index (χ2v) is 5.39. The lowest BCUT2D eigenvalue weighted by molar-refractivity contribution is 0.437. The molecule has 1 aromatic rings. The number of sulfonamides is 1. The van der Waals surface area contributed by atoms with Crippen LogP contribution in [0.25, 0.3) is 0 Å². The smallest absolute Gasteiger partial charge is 0.246 e. The molecule has 0 spiro atoms. The van der Waals surface area contributed by atoms with Gasteiger partial charge in [0.05, 0.1) is 11.9 Å². The van der Waals surface area contributed by atoms with Crippen molar-refractivity contribution in [3.63, 3.8) is 0 Å². The Hall–Kier alpha value is -1.14. The molecule has 82 valence electrons. The number of aryl methyl sites for hydroxylation is 1. The van der Waals surface area contributed by atoms with Gasteiger partial charge in [0.2, 0.25) is 10.0 Å². The number of aromatic nitrogens is 2. The van der Waals surface area contributed by atoms with Crippen molar-refractivity contribution in [2.45, 2.75) is 18.2 Å². The van der Waals surface area contributed by atoms with E-state index in [1.54, 1.807) is 6.92 Å². The highest BCUT2D eigenvalue weighted by Gasteiger charge is 2.26. The van der Waals surface area contributed by atoms with Crippen molar-refractivity contribution < 1.29 is 8.42 Å². The minimum atomic E-state index is -3.36. The van der Waals surface area contributed by atoms with Crippen LogP contribution >= 0.6 is 0 Å². The number of hydrogen-bond donors (Lipinski definition) is 1. The first kappa shape index (κ1) is 10.4. The second kappa shape index (κ2) is 3.79. The second-order valence-electron chi connectivity index (χ2n) is 3.48. The summed E-state index contributed by atoms with van der Waals surface area (Å²) < 4.78 is 25.7. The van der Waals surface area contributed by atoms with Crippen LogP contribution in [0.2, 0.25) is 0 Å². The zero-order chi connectivity index (χ0) is 10.9. The maximum atomic E-state index is 12.1. The average Bonchev–Trinajstić information content (AvgIpc) is 2.66. The van der Waals surface area contributed by atoms with Gasteiger partial charge in [-0.15, -0.1) is 0 Å². The Morgan fingerprint density at radius 2 is 2.27 bits per heavy atom. The number of hydrogen-bond acceptors (Lipinski definition) is 3. The van der Waals surface area contributed by atoms with E-state index in [0.29, 0.717) is 18.8 Å². The summed E-state index contributed by atoms with van der Waals surface area (Å²) in [6, 6.07) is 0. The molecule has 0 atom stereocenters. The molecule has 0 amide bonds. The van der Waals surface area contributed by atoms with Crippen LogP contribution in [0, 0.1) is 6.92 Å². The van der Waals surface area contributed by atoms with Gasteiger partial charge in [0.1, 0.15) is 4.90 Å². The first-order valence-electron chi connectivity index (χ1n) is 4.77. The van der Waals surface area contributed by atoms with Crippen LogP contribution in [-0.4, -0.2) is 36.0 Å². The zero-order valence-corrected chi connectivity index (χ0v) is 9.29. The van der Waals surface area contributed by atoms with Gasteiger partial charge in [0.25, 0.3) is 0 Å². The molecule has 1 N–H and O–H groups in total. The third-order valence-corrected chi connectivity index (χ3v) is 4.40. The van der Waals surface area contributed by atoms with Crippen LogP contribution in [-0.2, 0) is 10.0 Å². The van der Waals surface area contributed by atoms with Crippen LogP contribution < -0.4 is 0 Å². The standard InChI is InChI=1S/C9H13N3O2S/c1-8-9(7-10-11-8)15(13,14)12-5-3-2-4-6-12/h2-3,7H,4-6H2,1H3,(H,10,11). The Bertz CT molecular complexity index is 475. The van der Waals surface area contributed by atoms with Crippen molar-refractivity contribution in [1.29, 1.82) is 0 Å². The van der Waals surface area contributed by atoms with E-state index in [2.05, 4.69) is 10.2 Å². The van der Waals surface area contributed by atoms with E-state index in [1.807, 2.05) is 12.2 Å². The summed E-state index contributed by atoms with van der Waals surface area (Å²) >= 11 is 0. The fraction of sp³-hybridized carbons (Fsp3) is 0.444. The normalized spacial score (nSPS) is 18.2. The van der Waals surface area contributed by atoms with Gasteiger partial charge in [-0.2, -0.15) is 9.40 Å². The van der Waals surface area contributed by atoms with Crippen LogP contribution in [0.4, 0.5) is 0 Å². The molecular formula is C9H13N3O2S. The largest absolute Gasteiger partial charge is 0.281 e. The van der Waals surface area contributed by atoms with Crippen LogP contribution in [0.3, 0.4) is 0 Å². The van der Waals surface area contributed by atoms with Gasteiger partial charge >= 0.3 is 0 Å². The molecule has 0 fully saturated rings. The van der Waals surface area contributed by atoms with Crippen molar-refractivity contribution in [3.8, 4) is 0 Å². The monoisotopic (exact) mass is 227 g/mol. The highest BCUT2D eigenvalue weighted by molar-refractivity contribution is 7.89. The van der Waals surface area contributed by atoms with Crippen molar-refractivity contribution in [1.82, 2.24) is 14.5 Å². The summed E-state index contributed by atoms with van der Waals surface area (Å²) in [5.41, 5.74) is 0.588. The van der Waals surface area contributed by atoms with Gasteiger partial charge < -0.3 is 0 Å². The molecule has 0 radical (unpaired) electrons. The van der Waals surface area contributed by atoms with Gasteiger partial charge in [-0.3, -0.25) is 5.10 Å². The lowest BCUT2D eigenvalue weighted by atomic mass is 10.3. The Kier molecular flexibility index (Phi) is 2.62. The maximum absolute atomic E-state index is 12.1. The molecule has 0 saturated heterocycles. The number of aromatic amines is 1. The van der Waals surface area contributed by atoms with E-state index >= 15 is 0 Å². The molecule has 0 aromatic carbocycles. The first-order valence-corrected chi connectivity index (χ1v) is 6.21. The number of nitrogens with zero attached hydrogens (tertiary/aromatic N) is 2. The topological polar surface area (TPSA) is 66.1 Å². The molecule has 2 rings (SSSR count). The SMILES string of the molecule is Cc1[nH]ncc1S(=O)(=O)N1CC=CCC1. The molecule has 0 aliphatic carbocycles. The summed E-state index contributed by atoms with van der Waals surface area (Å²) in [6.07, 6.45) is 6.00. The van der Waals surface area contributed by atoms with Gasteiger partial charge in [0, 0.05) is 13.1 Å². The lowest BCUT2D eigenvalue weighted by Gasteiger charge is -2.22. The van der Waals surface area contributed by atoms with Crippen molar-refractivity contribution >= 4 is 10.0 Å². The van der Waals surface area contributed by atoms with Crippen molar-refractivity contribution in [3.05, 3.63) is 24.0 Å². The number of nitrogens with one attached hydrogen (secondary N) is 1. The molecule has 1 aliphatic heterocycles. The maximum Gasteiger partial charge on any atom is 0.246 e. The summed E-state index contributed by atoms with van der Waals surface area (Å²) in [5, 5.41) is 6.37. The average molecular weight is 227 g/mol. The van der Waals surface area contributed by atoms with Gasteiger partial charge in [0.15, 0.2) is 0 Å². The molecular weight excluding hydrogens is 214 g/mol. The molecule has 6 heteroatoms. The molecule has 0 saturated carbocycles. The minimum Gasteiger partial charge on any atom is -0.281 e. The van der Waals surface area contributed by atoms with E-state index in [0.717, 1.165) is 6.42 Å². The van der Waals surface area contributed by atoms with E-state index in [1.165, 1.54) is 10.5 Å². The van der Waals surface area contributed by atoms with Crippen LogP contribution in [0.5, 0.6) is 0 Å². The summed E-state index contributed by atoms with van der Waals surface area (Å²) in [4.78, 5) is 0.276. The Morgan fingerprint density at radius 1 is 1.47 bits per heavy atom. The molecule has 2 heterocycles. The summed E-state index contributed by atoms with van der Waals surface area (Å²) in [5.74, 6) is 0. The molecule has 0 bridgehead atoms. The first-order chi connectivity index (χ1) is 7.12. The Balaban J connectivity index is 2.35. The predicted octanol–water partition coefficient (Wildman–Crippen LogP) is 0.669. The van der Waals surface area contributed by atoms with Gasteiger partial charge in [-0.1, -0.05) is 12.2 Å². The van der Waals surface area contributed by atoms with Crippen molar-refractivity contribution in [2.24, 2.45) is 0 Å². The third-order valence-electron chi connectivity index (χ3n) is 2.42. The summed E-state index contributed by atoms with van der Waals surface area (Å²) in [6.45, 7) is 2.70. The van der Waals surface area contributed by atoms with E-state index in [9.17, 15) is 8.42 Å². The quantitative estimate of drug-likeness (QED) is 0.755. The van der Waals surface area contributed by atoms with E-state index < -0.39 is 10.0 Å². The van der Waals surface area contributed by atoms with Crippen LogP contribution in [0.1, 0.15) is 12.1 Å². The lowest BCUT2D eigenvalue weighted by Crippen LogP contribution is -2.33. The fourth-order valence-corrected chi connectivity index (χ4v) is 3.10. The minimum absolute atomic E-state index is 0.276. The highest BCUT2D eigenvalue weighted by Crippen LogP contribution is 2.19. The van der Waals surface area contributed by atoms with Gasteiger partial charge in [-0.05, 0) is 13.3 Å². The van der Waals surface area contributed by atoms with E-state index in [4.69, 9.17) is 0 Å². The predicted molar refractivity (Wildman–Crippen MR) is 55.8 cm³/mol. The molecule has 1 aliphatic rings. The zero-order valence-electron chi connectivity index (χ0n) is 8.47. The Labute approximate surface area is 88.8 Å². The molecule has 0 unspecified atom stereocenters. The van der Waals surface area contributed by atoms with Crippen molar-refractivity contribution in [2.75, 3.05) is 13.1 Å². The molecule has 1 aromatic heterocycles. The third kappa shape index (κ3) is 1.82. The van der Waals surface area contributed by atoms with Gasteiger partial charge in [-0.25, -0.2) is 8.42 Å². The Morgan fingerprint density at radius 3 is 2.80 bits per heavy atom. The highest BCUT2D eigenvalue weighted by atomic mass is 32.2. The summed E-state index contributed by atoms with van der Waals surface area (Å²) in [7, 11) is -3.36. The number of H-pyrrole nitrogens is 1. The molecule has 5 nitrogen and oxygen atoms in total. The number of rotatable bonds is 2. The van der Waals surface area contributed by atoms with E-state index in [-0.39, 0.29) is 4.90 Å².